The third-order valence-electron chi connectivity index (χ3n) is 2.89. The minimum absolute atomic E-state index is 0.517. The molecule has 1 aliphatic carbocycles. The highest BCUT2D eigenvalue weighted by Crippen LogP contribution is 2.46. The number of halogens is 4. The standard InChI is InChI=1S/C9H12F4O5S/c1-7(2-3-7)6(14)18-5-4-8(10,11)9(12,13)19(15,16)17/h2-5H2,1H3,(H,15,16,17). The maximum atomic E-state index is 13.0. The lowest BCUT2D eigenvalue weighted by Crippen LogP contribution is -2.47. The van der Waals surface area contributed by atoms with Crippen molar-refractivity contribution < 1.29 is 40.1 Å². The Labute approximate surface area is 106 Å². The van der Waals surface area contributed by atoms with E-state index in [0.717, 1.165) is 0 Å². The summed E-state index contributed by atoms with van der Waals surface area (Å²) in [5.41, 5.74) is -0.763. The Bertz CT molecular complexity index is 469. The number of carbonyl (C=O) groups is 1. The summed E-state index contributed by atoms with van der Waals surface area (Å²) in [6.07, 6.45) is -0.672. The molecule has 1 N–H and O–H groups in total. The molecule has 0 amide bonds. The monoisotopic (exact) mass is 308 g/mol. The molecule has 5 nitrogen and oxygen atoms in total. The van der Waals surface area contributed by atoms with Crippen LogP contribution in [0.1, 0.15) is 26.2 Å². The van der Waals surface area contributed by atoms with E-state index in [2.05, 4.69) is 4.74 Å². The van der Waals surface area contributed by atoms with Gasteiger partial charge in [-0.2, -0.15) is 26.0 Å². The largest absolute Gasteiger partial charge is 0.465 e. The van der Waals surface area contributed by atoms with Gasteiger partial charge in [-0.15, -0.1) is 0 Å². The van der Waals surface area contributed by atoms with Gasteiger partial charge in [-0.05, 0) is 19.8 Å². The molecule has 0 bridgehead atoms. The lowest BCUT2D eigenvalue weighted by atomic mass is 10.1. The van der Waals surface area contributed by atoms with Gasteiger partial charge in [0.15, 0.2) is 0 Å². The quantitative estimate of drug-likeness (QED) is 0.460. The zero-order chi connectivity index (χ0) is 15.1. The number of carbonyl (C=O) groups excluding carboxylic acids is 1. The van der Waals surface area contributed by atoms with Gasteiger partial charge in [0.1, 0.15) is 0 Å². The Morgan fingerprint density at radius 1 is 1.32 bits per heavy atom. The second kappa shape index (κ2) is 4.58. The second-order valence-electron chi connectivity index (χ2n) is 4.64. The predicted molar refractivity (Wildman–Crippen MR) is 54.4 cm³/mol. The molecule has 0 aliphatic heterocycles. The molecule has 1 aliphatic rings. The van der Waals surface area contributed by atoms with Crippen LogP contribution in [0, 0.1) is 5.41 Å². The molecule has 1 fully saturated rings. The molecule has 1 rings (SSSR count). The average Bonchev–Trinajstić information content (AvgIpc) is 2.95. The summed E-state index contributed by atoms with van der Waals surface area (Å²) in [5.74, 6) is -5.83. The first-order chi connectivity index (χ1) is 8.33. The van der Waals surface area contributed by atoms with Gasteiger partial charge in [-0.3, -0.25) is 9.35 Å². The summed E-state index contributed by atoms with van der Waals surface area (Å²) in [7, 11) is -6.25. The lowest BCUT2D eigenvalue weighted by molar-refractivity contribution is -0.176. The zero-order valence-electron chi connectivity index (χ0n) is 9.83. The van der Waals surface area contributed by atoms with E-state index in [1.54, 1.807) is 0 Å². The SMILES string of the molecule is CC1(C(=O)OCCC(F)(F)C(F)(F)S(=O)(=O)O)CC1. The molecular formula is C9H12F4O5S. The molecule has 0 radical (unpaired) electrons. The number of hydrogen-bond acceptors (Lipinski definition) is 4. The number of alkyl halides is 4. The van der Waals surface area contributed by atoms with Crippen molar-refractivity contribution in [3.8, 4) is 0 Å². The Kier molecular flexibility index (Phi) is 3.90. The van der Waals surface area contributed by atoms with Crippen LogP contribution in [0.5, 0.6) is 0 Å². The van der Waals surface area contributed by atoms with Crippen LogP contribution in [0.2, 0.25) is 0 Å². The van der Waals surface area contributed by atoms with Crippen molar-refractivity contribution in [2.45, 2.75) is 37.4 Å². The first-order valence-corrected chi connectivity index (χ1v) is 6.67. The molecule has 19 heavy (non-hydrogen) atoms. The van der Waals surface area contributed by atoms with Gasteiger partial charge in [0, 0.05) is 0 Å². The first-order valence-electron chi connectivity index (χ1n) is 5.23. The highest BCUT2D eigenvalue weighted by atomic mass is 32.2. The Morgan fingerprint density at radius 3 is 2.16 bits per heavy atom. The maximum absolute atomic E-state index is 13.0. The van der Waals surface area contributed by atoms with Crippen LogP contribution in [0.25, 0.3) is 0 Å². The first kappa shape index (κ1) is 16.2. The minimum atomic E-state index is -6.25. The molecule has 0 aromatic heterocycles. The molecule has 0 spiro atoms. The third-order valence-corrected chi connectivity index (χ3v) is 3.84. The van der Waals surface area contributed by atoms with Gasteiger partial charge in [-0.25, -0.2) is 0 Å². The molecule has 0 saturated heterocycles. The van der Waals surface area contributed by atoms with Gasteiger partial charge in [0.2, 0.25) is 0 Å². The van der Waals surface area contributed by atoms with Crippen molar-refractivity contribution in [3.05, 3.63) is 0 Å². The van der Waals surface area contributed by atoms with Crippen molar-refractivity contribution >= 4 is 16.1 Å². The van der Waals surface area contributed by atoms with E-state index in [-0.39, 0.29) is 0 Å². The fraction of sp³-hybridized carbons (Fsp3) is 0.889. The number of rotatable bonds is 6. The van der Waals surface area contributed by atoms with E-state index in [9.17, 15) is 30.8 Å². The molecule has 112 valence electrons. The minimum Gasteiger partial charge on any atom is -0.465 e. The van der Waals surface area contributed by atoms with Gasteiger partial charge >= 0.3 is 27.3 Å². The summed E-state index contributed by atoms with van der Waals surface area (Å²) in [5, 5.41) is -5.63. The molecule has 10 heteroatoms. The maximum Gasteiger partial charge on any atom is 0.431 e. The Hall–Kier alpha value is -0.900. The molecule has 1 saturated carbocycles. The topological polar surface area (TPSA) is 80.7 Å². The summed E-state index contributed by atoms with van der Waals surface area (Å²) >= 11 is 0. The van der Waals surface area contributed by atoms with Crippen LogP contribution in [0.15, 0.2) is 0 Å². The van der Waals surface area contributed by atoms with Crippen molar-refractivity contribution in [2.24, 2.45) is 5.41 Å². The van der Waals surface area contributed by atoms with Crippen molar-refractivity contribution in [3.63, 3.8) is 0 Å². The smallest absolute Gasteiger partial charge is 0.431 e. The summed E-state index contributed by atoms with van der Waals surface area (Å²) in [4.78, 5) is 11.2. The fourth-order valence-electron chi connectivity index (χ4n) is 1.17. The van der Waals surface area contributed by atoms with E-state index in [4.69, 9.17) is 4.55 Å². The van der Waals surface area contributed by atoms with E-state index >= 15 is 0 Å². The average molecular weight is 308 g/mol. The molecular weight excluding hydrogens is 296 g/mol. The van der Waals surface area contributed by atoms with Gasteiger partial charge in [0.05, 0.1) is 18.4 Å². The highest BCUT2D eigenvalue weighted by Gasteiger charge is 2.65. The third kappa shape index (κ3) is 3.16. The van der Waals surface area contributed by atoms with E-state index < -0.39 is 45.7 Å². The number of ether oxygens (including phenoxy) is 1. The van der Waals surface area contributed by atoms with Crippen molar-refractivity contribution in [1.29, 1.82) is 0 Å². The van der Waals surface area contributed by atoms with Crippen LogP contribution in [0.3, 0.4) is 0 Å². The number of esters is 1. The van der Waals surface area contributed by atoms with Crippen LogP contribution < -0.4 is 0 Å². The summed E-state index contributed by atoms with van der Waals surface area (Å²) < 4.78 is 84.3. The highest BCUT2D eigenvalue weighted by molar-refractivity contribution is 7.87. The van der Waals surface area contributed by atoms with Gasteiger partial charge in [-0.1, -0.05) is 0 Å². The predicted octanol–water partition coefficient (Wildman–Crippen LogP) is 1.84. The zero-order valence-corrected chi connectivity index (χ0v) is 10.6. The summed E-state index contributed by atoms with van der Waals surface area (Å²) in [6, 6.07) is 0. The second-order valence-corrected chi connectivity index (χ2v) is 6.11. The van der Waals surface area contributed by atoms with Crippen LogP contribution in [-0.2, 0) is 19.6 Å². The van der Waals surface area contributed by atoms with Crippen LogP contribution >= 0.6 is 0 Å². The van der Waals surface area contributed by atoms with Gasteiger partial charge < -0.3 is 4.74 Å². The summed E-state index contributed by atoms with van der Waals surface area (Å²) in [6.45, 7) is 0.465. The van der Waals surface area contributed by atoms with Crippen molar-refractivity contribution in [1.82, 2.24) is 0 Å². The van der Waals surface area contributed by atoms with E-state index in [1.807, 2.05) is 0 Å². The molecule has 0 atom stereocenters. The molecule has 0 aromatic rings. The van der Waals surface area contributed by atoms with Crippen molar-refractivity contribution in [2.75, 3.05) is 6.61 Å². The number of hydrogen-bond donors (Lipinski definition) is 1. The van der Waals surface area contributed by atoms with E-state index in [1.165, 1.54) is 6.92 Å². The fourth-order valence-corrected chi connectivity index (χ4v) is 1.65. The Balaban J connectivity index is 2.58. The van der Waals surface area contributed by atoms with Crippen LogP contribution in [-0.4, -0.2) is 36.7 Å². The molecule has 0 unspecified atom stereocenters. The van der Waals surface area contributed by atoms with Gasteiger partial charge in [0.25, 0.3) is 0 Å². The normalized spacial score (nSPS) is 19.1. The van der Waals surface area contributed by atoms with Crippen LogP contribution in [0.4, 0.5) is 17.6 Å². The Morgan fingerprint density at radius 2 is 1.79 bits per heavy atom. The molecule has 0 heterocycles. The van der Waals surface area contributed by atoms with E-state index in [0.29, 0.717) is 12.8 Å². The lowest BCUT2D eigenvalue weighted by Gasteiger charge is -2.23. The molecule has 0 aromatic carbocycles.